The van der Waals surface area contributed by atoms with E-state index in [2.05, 4.69) is 47.4 Å². The molecule has 1 atom stereocenters. The Labute approximate surface area is 140 Å². The van der Waals surface area contributed by atoms with Crippen LogP contribution >= 0.6 is 11.3 Å². The Morgan fingerprint density at radius 3 is 2.91 bits per heavy atom. The highest BCUT2D eigenvalue weighted by Crippen LogP contribution is 2.36. The third-order valence-corrected chi connectivity index (χ3v) is 5.82. The third kappa shape index (κ3) is 3.00. The van der Waals surface area contributed by atoms with E-state index < -0.39 is 0 Å². The normalized spacial score (nSPS) is 19.6. The molecule has 0 bridgehead atoms. The fraction of sp³-hybridized carbons (Fsp3) is 0.368. The van der Waals surface area contributed by atoms with E-state index in [1.54, 1.807) is 0 Å². The van der Waals surface area contributed by atoms with Crippen molar-refractivity contribution < 1.29 is 9.84 Å². The van der Waals surface area contributed by atoms with Gasteiger partial charge in [0.1, 0.15) is 0 Å². The van der Waals surface area contributed by atoms with Gasteiger partial charge in [-0.15, -0.1) is 11.3 Å². The second-order valence-corrected chi connectivity index (χ2v) is 7.18. The van der Waals surface area contributed by atoms with Crippen LogP contribution in [0.1, 0.15) is 12.0 Å². The predicted octanol–water partition coefficient (Wildman–Crippen LogP) is 3.64. The average molecular weight is 327 g/mol. The highest BCUT2D eigenvalue weighted by molar-refractivity contribution is 7.26. The molecular formula is C19H21NO2S. The quantitative estimate of drug-likeness (QED) is 0.794. The van der Waals surface area contributed by atoms with Crippen molar-refractivity contribution in [2.75, 3.05) is 26.3 Å². The van der Waals surface area contributed by atoms with E-state index in [0.29, 0.717) is 0 Å². The smallest absolute Gasteiger partial charge is 0.0724 e. The third-order valence-electron chi connectivity index (χ3n) is 4.55. The van der Waals surface area contributed by atoms with Gasteiger partial charge in [0.15, 0.2) is 0 Å². The number of morpholine rings is 1. The van der Waals surface area contributed by atoms with E-state index in [9.17, 15) is 0 Å². The molecule has 0 spiro atoms. The Kier molecular flexibility index (Phi) is 4.31. The van der Waals surface area contributed by atoms with Crippen LogP contribution in [0.15, 0.2) is 42.5 Å². The summed E-state index contributed by atoms with van der Waals surface area (Å²) in [4.78, 5) is 2.45. The molecule has 4 rings (SSSR count). The monoisotopic (exact) mass is 327 g/mol. The molecule has 0 amide bonds. The van der Waals surface area contributed by atoms with Gasteiger partial charge in [-0.05, 0) is 18.1 Å². The number of aliphatic hydroxyl groups excluding tert-OH is 1. The van der Waals surface area contributed by atoms with E-state index in [-0.39, 0.29) is 12.7 Å². The molecule has 1 aromatic heterocycles. The van der Waals surface area contributed by atoms with Gasteiger partial charge >= 0.3 is 0 Å². The lowest BCUT2D eigenvalue weighted by molar-refractivity contribution is -0.0405. The van der Waals surface area contributed by atoms with Gasteiger partial charge in [0.25, 0.3) is 0 Å². The van der Waals surface area contributed by atoms with Crippen LogP contribution in [0, 0.1) is 0 Å². The summed E-state index contributed by atoms with van der Waals surface area (Å²) in [6, 6.07) is 15.3. The molecule has 0 unspecified atom stereocenters. The summed E-state index contributed by atoms with van der Waals surface area (Å²) in [6.07, 6.45) is 0.888. The Bertz CT molecular complexity index is 811. The fourth-order valence-electron chi connectivity index (χ4n) is 3.41. The number of benzene rings is 2. The molecule has 3 nitrogen and oxygen atoms in total. The molecule has 0 aliphatic carbocycles. The Balaban J connectivity index is 1.64. The van der Waals surface area contributed by atoms with Crippen molar-refractivity contribution in [3.63, 3.8) is 0 Å². The minimum absolute atomic E-state index is 0.162. The zero-order valence-corrected chi connectivity index (χ0v) is 13.9. The first-order valence-electron chi connectivity index (χ1n) is 8.19. The molecule has 0 saturated carbocycles. The van der Waals surface area contributed by atoms with E-state index in [0.717, 1.165) is 32.7 Å². The number of nitrogens with zero attached hydrogens (tertiary/aromatic N) is 1. The highest BCUT2D eigenvalue weighted by Gasteiger charge is 2.21. The van der Waals surface area contributed by atoms with Crippen molar-refractivity contribution in [1.82, 2.24) is 4.90 Å². The van der Waals surface area contributed by atoms with E-state index >= 15 is 0 Å². The summed E-state index contributed by atoms with van der Waals surface area (Å²) in [5.41, 5.74) is 1.40. The molecule has 0 radical (unpaired) electrons. The second kappa shape index (κ2) is 6.57. The summed E-state index contributed by atoms with van der Waals surface area (Å²) in [6.45, 7) is 3.78. The molecule has 3 aromatic rings. The van der Waals surface area contributed by atoms with Gasteiger partial charge in [0.2, 0.25) is 0 Å². The number of rotatable bonds is 4. The van der Waals surface area contributed by atoms with Crippen molar-refractivity contribution >= 4 is 31.5 Å². The minimum atomic E-state index is 0.162. The summed E-state index contributed by atoms with van der Waals surface area (Å²) in [5.74, 6) is 0. The van der Waals surface area contributed by atoms with E-state index in [4.69, 9.17) is 9.84 Å². The average Bonchev–Trinajstić information content (AvgIpc) is 2.96. The first-order valence-corrected chi connectivity index (χ1v) is 9.01. The van der Waals surface area contributed by atoms with Gasteiger partial charge in [-0.1, -0.05) is 36.4 Å². The molecule has 2 aromatic carbocycles. The van der Waals surface area contributed by atoms with Crippen LogP contribution in [0.4, 0.5) is 0 Å². The van der Waals surface area contributed by atoms with Crippen LogP contribution in [0.5, 0.6) is 0 Å². The summed E-state index contributed by atoms with van der Waals surface area (Å²) in [5, 5.41) is 11.8. The molecular weight excluding hydrogens is 306 g/mol. The van der Waals surface area contributed by atoms with Crippen molar-refractivity contribution in [3.05, 3.63) is 48.0 Å². The maximum atomic E-state index is 9.12. The van der Waals surface area contributed by atoms with Crippen LogP contribution in [0.25, 0.3) is 20.2 Å². The van der Waals surface area contributed by atoms with Crippen LogP contribution in [0.3, 0.4) is 0 Å². The molecule has 4 heteroatoms. The lowest BCUT2D eigenvalue weighted by Gasteiger charge is -2.32. The molecule has 1 aliphatic heterocycles. The van der Waals surface area contributed by atoms with Gasteiger partial charge in [-0.3, -0.25) is 4.90 Å². The maximum Gasteiger partial charge on any atom is 0.0724 e. The molecule has 1 fully saturated rings. The first-order chi connectivity index (χ1) is 11.3. The maximum absolute atomic E-state index is 9.12. The van der Waals surface area contributed by atoms with Gasteiger partial charge in [0.05, 0.1) is 12.7 Å². The van der Waals surface area contributed by atoms with Crippen LogP contribution in [-0.4, -0.2) is 42.4 Å². The number of fused-ring (bicyclic) bond motifs is 3. The van der Waals surface area contributed by atoms with Gasteiger partial charge in [-0.25, -0.2) is 0 Å². The van der Waals surface area contributed by atoms with E-state index in [1.165, 1.54) is 25.7 Å². The minimum Gasteiger partial charge on any atom is -0.396 e. The Hall–Kier alpha value is -1.46. The van der Waals surface area contributed by atoms with Crippen LogP contribution in [-0.2, 0) is 11.3 Å². The zero-order chi connectivity index (χ0) is 15.6. The molecule has 1 N–H and O–H groups in total. The topological polar surface area (TPSA) is 32.7 Å². The Morgan fingerprint density at radius 2 is 2.00 bits per heavy atom. The summed E-state index contributed by atoms with van der Waals surface area (Å²) in [7, 11) is 0. The van der Waals surface area contributed by atoms with Crippen molar-refractivity contribution in [1.29, 1.82) is 0 Å². The number of thiophene rings is 1. The van der Waals surface area contributed by atoms with Crippen LogP contribution < -0.4 is 0 Å². The molecule has 2 heterocycles. The fourth-order valence-corrected chi connectivity index (χ4v) is 4.62. The van der Waals surface area contributed by atoms with Crippen molar-refractivity contribution in [2.45, 2.75) is 19.1 Å². The SMILES string of the molecule is OCC[C@@H]1CN(Cc2cccc3c2sc2ccccc23)CCO1. The van der Waals surface area contributed by atoms with Crippen LogP contribution in [0.2, 0.25) is 0 Å². The lowest BCUT2D eigenvalue weighted by Crippen LogP contribution is -2.42. The highest BCUT2D eigenvalue weighted by atomic mass is 32.1. The Morgan fingerprint density at radius 1 is 1.13 bits per heavy atom. The largest absolute Gasteiger partial charge is 0.396 e. The van der Waals surface area contributed by atoms with Gasteiger partial charge < -0.3 is 9.84 Å². The number of hydrogen-bond donors (Lipinski definition) is 1. The van der Waals surface area contributed by atoms with Crippen molar-refractivity contribution in [2.24, 2.45) is 0 Å². The lowest BCUT2D eigenvalue weighted by atomic mass is 10.1. The van der Waals surface area contributed by atoms with E-state index in [1.807, 2.05) is 11.3 Å². The zero-order valence-electron chi connectivity index (χ0n) is 13.1. The molecule has 120 valence electrons. The predicted molar refractivity (Wildman–Crippen MR) is 96.1 cm³/mol. The molecule has 1 aliphatic rings. The second-order valence-electron chi connectivity index (χ2n) is 6.13. The van der Waals surface area contributed by atoms with Crippen molar-refractivity contribution in [3.8, 4) is 0 Å². The molecule has 1 saturated heterocycles. The first kappa shape index (κ1) is 15.1. The summed E-state index contributed by atoms with van der Waals surface area (Å²) < 4.78 is 8.48. The standard InChI is InChI=1S/C19H21NO2S/c21-10-8-15-13-20(9-11-22-15)12-14-4-3-6-17-16-5-1-2-7-18(16)23-19(14)17/h1-7,15,21H,8-13H2/t15-/m1/s1. The van der Waals surface area contributed by atoms with Gasteiger partial charge in [-0.2, -0.15) is 0 Å². The number of ether oxygens (including phenoxy) is 1. The number of hydrogen-bond acceptors (Lipinski definition) is 4. The molecule has 23 heavy (non-hydrogen) atoms. The van der Waals surface area contributed by atoms with Gasteiger partial charge in [0, 0.05) is 46.4 Å². The number of aliphatic hydroxyl groups is 1. The summed E-state index contributed by atoms with van der Waals surface area (Å²) >= 11 is 1.89.